The van der Waals surface area contributed by atoms with E-state index < -0.39 is 35.9 Å². The van der Waals surface area contributed by atoms with E-state index in [1.165, 1.54) is 20.0 Å². The monoisotopic (exact) mass is 445 g/mol. The van der Waals surface area contributed by atoms with Gasteiger partial charge in [0.05, 0.1) is 13.5 Å². The minimum Gasteiger partial charge on any atom is -0.467 e. The van der Waals surface area contributed by atoms with E-state index in [0.29, 0.717) is 12.8 Å². The number of benzene rings is 1. The van der Waals surface area contributed by atoms with E-state index >= 15 is 0 Å². The SMILES string of the molecule is CCCCCCCC[C@H](NC(=O)C[C@@H]1NC(=O)[C@H](Cc2ccccc2)NC1=O)C(=O)OC. The summed E-state index contributed by atoms with van der Waals surface area (Å²) in [6.45, 7) is 2.15. The molecule has 0 aromatic heterocycles. The third kappa shape index (κ3) is 8.32. The lowest BCUT2D eigenvalue weighted by Gasteiger charge is -2.29. The van der Waals surface area contributed by atoms with Gasteiger partial charge in [-0.3, -0.25) is 14.4 Å². The zero-order chi connectivity index (χ0) is 23.3. The molecule has 1 aliphatic rings. The average molecular weight is 446 g/mol. The average Bonchev–Trinajstić information content (AvgIpc) is 2.78. The second-order valence-corrected chi connectivity index (χ2v) is 8.22. The lowest BCUT2D eigenvalue weighted by molar-refractivity contribution is -0.145. The number of carbonyl (C=O) groups is 4. The van der Waals surface area contributed by atoms with Crippen LogP contribution in [0.3, 0.4) is 0 Å². The highest BCUT2D eigenvalue weighted by atomic mass is 16.5. The predicted octanol–water partition coefficient (Wildman–Crippen LogP) is 2.01. The van der Waals surface area contributed by atoms with E-state index in [4.69, 9.17) is 4.74 Å². The molecule has 3 N–H and O–H groups in total. The molecule has 0 radical (unpaired) electrons. The molecule has 1 heterocycles. The molecule has 176 valence electrons. The quantitative estimate of drug-likeness (QED) is 0.318. The zero-order valence-corrected chi connectivity index (χ0v) is 19.0. The first-order valence-corrected chi connectivity index (χ1v) is 11.5. The van der Waals surface area contributed by atoms with E-state index in [1.807, 2.05) is 30.3 Å². The Kier molecular flexibility index (Phi) is 10.7. The fraction of sp³-hybridized carbons (Fsp3) is 0.583. The van der Waals surface area contributed by atoms with Crippen LogP contribution in [0.4, 0.5) is 0 Å². The minimum atomic E-state index is -0.970. The number of hydrogen-bond donors (Lipinski definition) is 3. The molecule has 0 bridgehead atoms. The van der Waals surface area contributed by atoms with Crippen molar-refractivity contribution in [3.8, 4) is 0 Å². The summed E-state index contributed by atoms with van der Waals surface area (Å²) >= 11 is 0. The summed E-state index contributed by atoms with van der Waals surface area (Å²) in [6.07, 6.45) is 7.00. The Hall–Kier alpha value is -2.90. The summed E-state index contributed by atoms with van der Waals surface area (Å²) in [5.41, 5.74) is 0.930. The van der Waals surface area contributed by atoms with Crippen molar-refractivity contribution in [3.05, 3.63) is 35.9 Å². The first-order valence-electron chi connectivity index (χ1n) is 11.5. The van der Waals surface area contributed by atoms with Crippen LogP contribution < -0.4 is 16.0 Å². The Morgan fingerprint density at radius 1 is 0.969 bits per heavy atom. The topological polar surface area (TPSA) is 114 Å². The number of methoxy groups -OCH3 is 1. The molecule has 0 spiro atoms. The second kappa shape index (κ2) is 13.5. The van der Waals surface area contributed by atoms with Gasteiger partial charge in [-0.1, -0.05) is 75.8 Å². The maximum absolute atomic E-state index is 12.5. The molecule has 1 fully saturated rings. The van der Waals surface area contributed by atoms with Crippen LogP contribution in [0.25, 0.3) is 0 Å². The molecule has 8 heteroatoms. The van der Waals surface area contributed by atoms with Crippen molar-refractivity contribution in [2.45, 2.75) is 82.8 Å². The Balaban J connectivity index is 1.82. The van der Waals surface area contributed by atoms with Gasteiger partial charge in [0.1, 0.15) is 18.1 Å². The van der Waals surface area contributed by atoms with Gasteiger partial charge in [-0.25, -0.2) is 4.79 Å². The standard InChI is InChI=1S/C24H35N3O5/c1-3-4-5-6-7-11-14-18(24(31)32-2)25-21(28)16-20-23(30)26-19(22(29)27-20)15-17-12-9-8-10-13-17/h8-10,12-13,18-20H,3-7,11,14-16H2,1-2H3,(H,25,28)(H,26,30)(H,27,29)/t18-,19-,20-/m0/s1. The second-order valence-electron chi connectivity index (χ2n) is 8.22. The van der Waals surface area contributed by atoms with Gasteiger partial charge in [0.15, 0.2) is 0 Å². The molecule has 1 saturated heterocycles. The number of amides is 3. The van der Waals surface area contributed by atoms with Gasteiger partial charge in [-0.2, -0.15) is 0 Å². The Bertz CT molecular complexity index is 768. The summed E-state index contributed by atoms with van der Waals surface area (Å²) < 4.78 is 4.80. The van der Waals surface area contributed by atoms with Gasteiger partial charge < -0.3 is 20.7 Å². The highest BCUT2D eigenvalue weighted by molar-refractivity contribution is 5.99. The largest absolute Gasteiger partial charge is 0.467 e. The fourth-order valence-corrected chi connectivity index (χ4v) is 3.77. The third-order valence-corrected chi connectivity index (χ3v) is 5.61. The first-order chi connectivity index (χ1) is 15.4. The first kappa shape index (κ1) is 25.4. The maximum atomic E-state index is 12.5. The molecule has 2 rings (SSSR count). The van der Waals surface area contributed by atoms with Crippen LogP contribution in [-0.4, -0.2) is 48.9 Å². The molecule has 1 aromatic rings. The molecule has 3 atom stereocenters. The van der Waals surface area contributed by atoms with Gasteiger partial charge in [-0.15, -0.1) is 0 Å². The van der Waals surface area contributed by atoms with E-state index in [-0.39, 0.29) is 12.3 Å². The van der Waals surface area contributed by atoms with Gasteiger partial charge in [-0.05, 0) is 12.0 Å². The van der Waals surface area contributed by atoms with E-state index in [2.05, 4.69) is 22.9 Å². The molecule has 0 unspecified atom stereocenters. The van der Waals surface area contributed by atoms with Crippen molar-refractivity contribution in [2.24, 2.45) is 0 Å². The lowest BCUT2D eigenvalue weighted by atomic mass is 10.0. The van der Waals surface area contributed by atoms with E-state index in [1.54, 1.807) is 0 Å². The molecular weight excluding hydrogens is 410 g/mol. The van der Waals surface area contributed by atoms with Crippen molar-refractivity contribution in [1.29, 1.82) is 0 Å². The number of piperazine rings is 1. The van der Waals surface area contributed by atoms with Crippen molar-refractivity contribution in [1.82, 2.24) is 16.0 Å². The summed E-state index contributed by atoms with van der Waals surface area (Å²) in [5.74, 6) is -1.73. The van der Waals surface area contributed by atoms with Crippen LogP contribution in [0.15, 0.2) is 30.3 Å². The zero-order valence-electron chi connectivity index (χ0n) is 19.0. The van der Waals surface area contributed by atoms with Crippen molar-refractivity contribution in [2.75, 3.05) is 7.11 Å². The van der Waals surface area contributed by atoms with Gasteiger partial charge in [0, 0.05) is 6.42 Å². The van der Waals surface area contributed by atoms with Crippen LogP contribution in [0.2, 0.25) is 0 Å². The van der Waals surface area contributed by atoms with Crippen LogP contribution in [0, 0.1) is 0 Å². The lowest BCUT2D eigenvalue weighted by Crippen LogP contribution is -2.63. The van der Waals surface area contributed by atoms with Crippen molar-refractivity contribution < 1.29 is 23.9 Å². The Labute approximate surface area is 189 Å². The molecule has 3 amide bonds. The third-order valence-electron chi connectivity index (χ3n) is 5.61. The van der Waals surface area contributed by atoms with Crippen LogP contribution >= 0.6 is 0 Å². The highest BCUT2D eigenvalue weighted by Crippen LogP contribution is 2.11. The number of hydrogen-bond acceptors (Lipinski definition) is 5. The number of carbonyl (C=O) groups excluding carboxylic acids is 4. The highest BCUT2D eigenvalue weighted by Gasteiger charge is 2.35. The number of ether oxygens (including phenoxy) is 1. The molecule has 32 heavy (non-hydrogen) atoms. The summed E-state index contributed by atoms with van der Waals surface area (Å²) in [6, 6.07) is 6.98. The Morgan fingerprint density at radius 3 is 2.28 bits per heavy atom. The predicted molar refractivity (Wildman–Crippen MR) is 121 cm³/mol. The summed E-state index contributed by atoms with van der Waals surface area (Å²) in [7, 11) is 1.28. The van der Waals surface area contributed by atoms with Crippen molar-refractivity contribution >= 4 is 23.7 Å². The number of rotatable bonds is 13. The van der Waals surface area contributed by atoms with Crippen LogP contribution in [0.5, 0.6) is 0 Å². The van der Waals surface area contributed by atoms with E-state index in [0.717, 1.165) is 31.2 Å². The van der Waals surface area contributed by atoms with Gasteiger partial charge in [0.25, 0.3) is 0 Å². The summed E-state index contributed by atoms with van der Waals surface area (Å²) in [4.78, 5) is 49.4. The molecule has 8 nitrogen and oxygen atoms in total. The number of unbranched alkanes of at least 4 members (excludes halogenated alkanes) is 5. The minimum absolute atomic E-state index is 0.236. The van der Waals surface area contributed by atoms with E-state index in [9.17, 15) is 19.2 Å². The summed E-state index contributed by atoms with van der Waals surface area (Å²) in [5, 5.41) is 7.98. The maximum Gasteiger partial charge on any atom is 0.328 e. The number of nitrogens with one attached hydrogen (secondary N) is 3. The number of esters is 1. The molecule has 1 aromatic carbocycles. The Morgan fingerprint density at radius 2 is 1.59 bits per heavy atom. The molecule has 0 saturated carbocycles. The van der Waals surface area contributed by atoms with Gasteiger partial charge in [0.2, 0.25) is 17.7 Å². The van der Waals surface area contributed by atoms with Crippen molar-refractivity contribution in [3.63, 3.8) is 0 Å². The van der Waals surface area contributed by atoms with Gasteiger partial charge >= 0.3 is 5.97 Å². The molecule has 0 aliphatic carbocycles. The fourth-order valence-electron chi connectivity index (χ4n) is 3.77. The molecular formula is C24H35N3O5. The normalized spacial score (nSPS) is 18.9. The smallest absolute Gasteiger partial charge is 0.328 e. The van der Waals surface area contributed by atoms with Crippen LogP contribution in [-0.2, 0) is 30.3 Å². The molecule has 1 aliphatic heterocycles. The van der Waals surface area contributed by atoms with Crippen LogP contribution in [0.1, 0.15) is 63.9 Å².